The van der Waals surface area contributed by atoms with E-state index in [9.17, 15) is 22.2 Å². The van der Waals surface area contributed by atoms with E-state index in [1.807, 2.05) is 0 Å². The van der Waals surface area contributed by atoms with E-state index in [2.05, 4.69) is 25.5 Å². The molecule has 3 N–H and O–H groups in total. The highest BCUT2D eigenvalue weighted by Gasteiger charge is 2.26. The van der Waals surface area contributed by atoms with Gasteiger partial charge in [0.2, 0.25) is 17.7 Å². The first-order chi connectivity index (χ1) is 15.6. The Morgan fingerprint density at radius 1 is 1.06 bits per heavy atom. The van der Waals surface area contributed by atoms with Gasteiger partial charge in [-0.25, -0.2) is 31.2 Å². The number of carbonyl (C=O) groups is 2. The van der Waals surface area contributed by atoms with E-state index in [-0.39, 0.29) is 29.8 Å². The molecule has 2 aromatic rings. The Kier molecular flexibility index (Phi) is 9.03. The topological polar surface area (TPSA) is 184 Å². The minimum absolute atomic E-state index is 0.0484. The van der Waals surface area contributed by atoms with Crippen molar-refractivity contribution in [2.75, 3.05) is 32.9 Å². The fourth-order valence-corrected chi connectivity index (χ4v) is 3.72. The van der Waals surface area contributed by atoms with Crippen LogP contribution in [-0.4, -0.2) is 62.2 Å². The molecule has 1 aromatic heterocycles. The SMILES string of the molecule is COC(=O)c1ccc(CNOS(C)=O)cc1S(=O)(=O)NC(=O)Nc1nc(OC)cc(OC)n1. The summed E-state index contributed by atoms with van der Waals surface area (Å²) in [7, 11) is -0.837. The number of ether oxygens (including phenoxy) is 3. The number of aromatic nitrogens is 2. The summed E-state index contributed by atoms with van der Waals surface area (Å²) in [5.74, 6) is -1.12. The summed E-state index contributed by atoms with van der Waals surface area (Å²) in [6.07, 6.45) is 1.29. The highest BCUT2D eigenvalue weighted by atomic mass is 32.2. The zero-order valence-corrected chi connectivity index (χ0v) is 19.5. The van der Waals surface area contributed by atoms with Gasteiger partial charge in [0.25, 0.3) is 10.0 Å². The second-order valence-electron chi connectivity index (χ2n) is 5.96. The first-order valence-corrected chi connectivity index (χ1v) is 11.8. The lowest BCUT2D eigenvalue weighted by Crippen LogP contribution is -2.35. The average Bonchev–Trinajstić information content (AvgIpc) is 2.77. The van der Waals surface area contributed by atoms with Gasteiger partial charge in [-0.1, -0.05) is 6.07 Å². The first kappa shape index (κ1) is 25.9. The number of carbonyl (C=O) groups excluding carboxylic acids is 2. The summed E-state index contributed by atoms with van der Waals surface area (Å²) in [4.78, 5) is 31.6. The molecule has 0 fully saturated rings. The number of nitrogens with one attached hydrogen (secondary N) is 3. The van der Waals surface area contributed by atoms with Crippen molar-refractivity contribution in [3.05, 3.63) is 35.4 Å². The summed E-state index contributed by atoms with van der Waals surface area (Å²) in [5, 5.41) is 2.15. The van der Waals surface area contributed by atoms with Gasteiger partial charge in [0.1, 0.15) is 4.90 Å². The molecule has 14 nitrogen and oxygen atoms in total. The lowest BCUT2D eigenvalue weighted by Gasteiger charge is -2.13. The highest BCUT2D eigenvalue weighted by molar-refractivity contribution is 7.90. The molecular weight excluding hydrogens is 482 g/mol. The Hall–Kier alpha value is -3.34. The Morgan fingerprint density at radius 2 is 1.70 bits per heavy atom. The number of rotatable bonds is 10. The summed E-state index contributed by atoms with van der Waals surface area (Å²) in [6, 6.07) is 3.89. The number of anilines is 1. The minimum Gasteiger partial charge on any atom is -0.481 e. The molecule has 0 saturated carbocycles. The molecule has 0 bridgehead atoms. The molecule has 0 saturated heterocycles. The van der Waals surface area contributed by atoms with Gasteiger partial charge in [-0.05, 0) is 17.7 Å². The molecule has 0 radical (unpaired) electrons. The van der Waals surface area contributed by atoms with E-state index in [4.69, 9.17) is 13.8 Å². The highest BCUT2D eigenvalue weighted by Crippen LogP contribution is 2.20. The van der Waals surface area contributed by atoms with Crippen molar-refractivity contribution in [3.63, 3.8) is 0 Å². The summed E-state index contributed by atoms with van der Waals surface area (Å²) < 4.78 is 57.8. The molecule has 1 aromatic carbocycles. The van der Waals surface area contributed by atoms with Gasteiger partial charge < -0.3 is 14.2 Å². The zero-order valence-electron chi connectivity index (χ0n) is 17.9. The van der Waals surface area contributed by atoms with E-state index >= 15 is 0 Å². The molecule has 2 amide bonds. The maximum atomic E-state index is 12.9. The fraction of sp³-hybridized carbons (Fsp3) is 0.294. The van der Waals surface area contributed by atoms with Crippen molar-refractivity contribution < 1.29 is 40.7 Å². The predicted octanol–water partition coefficient (Wildman–Crippen LogP) is 0.106. The lowest BCUT2D eigenvalue weighted by molar-refractivity contribution is 0.0596. The minimum atomic E-state index is -4.57. The van der Waals surface area contributed by atoms with Crippen LogP contribution in [0.1, 0.15) is 15.9 Å². The number of hydroxylamine groups is 1. The monoisotopic (exact) mass is 503 g/mol. The lowest BCUT2D eigenvalue weighted by atomic mass is 10.1. The fourth-order valence-electron chi connectivity index (χ4n) is 2.35. The van der Waals surface area contributed by atoms with Gasteiger partial charge in [0.05, 0.1) is 33.0 Å². The standard InChI is InChI=1S/C17H21N5O9S2/c1-28-13-8-14(29-2)20-16(19-13)21-17(24)22-33(26,27)12-7-10(9-18-31-32(4)25)5-6-11(12)15(23)30-3/h5-8,18H,9H2,1-4H3,(H2,19,20,21,22,24). The molecule has 180 valence electrons. The van der Waals surface area contributed by atoms with Crippen LogP contribution in [0.3, 0.4) is 0 Å². The Labute approximate surface area is 191 Å². The van der Waals surface area contributed by atoms with E-state index in [1.54, 1.807) is 4.72 Å². The maximum absolute atomic E-state index is 12.9. The van der Waals surface area contributed by atoms with Gasteiger partial charge in [-0.2, -0.15) is 15.4 Å². The molecule has 1 atom stereocenters. The van der Waals surface area contributed by atoms with Crippen LogP contribution in [0, 0.1) is 0 Å². The molecule has 0 aliphatic heterocycles. The summed E-state index contributed by atoms with van der Waals surface area (Å²) >= 11 is -1.61. The summed E-state index contributed by atoms with van der Waals surface area (Å²) in [6.45, 7) is -0.0484. The Balaban J connectivity index is 2.30. The quantitative estimate of drug-likeness (QED) is 0.294. The molecule has 33 heavy (non-hydrogen) atoms. The number of esters is 1. The average molecular weight is 504 g/mol. The molecule has 1 unspecified atom stereocenters. The van der Waals surface area contributed by atoms with Crippen LogP contribution in [0.5, 0.6) is 11.8 Å². The van der Waals surface area contributed by atoms with Crippen molar-refractivity contribution in [2.24, 2.45) is 0 Å². The second-order valence-corrected chi connectivity index (χ2v) is 8.58. The number of benzene rings is 1. The largest absolute Gasteiger partial charge is 0.481 e. The van der Waals surface area contributed by atoms with Crippen molar-refractivity contribution in [3.8, 4) is 11.8 Å². The van der Waals surface area contributed by atoms with Crippen LogP contribution in [-0.2, 0) is 36.7 Å². The van der Waals surface area contributed by atoms with Gasteiger partial charge >= 0.3 is 12.0 Å². The van der Waals surface area contributed by atoms with Gasteiger partial charge in [0.15, 0.2) is 11.1 Å². The number of methoxy groups -OCH3 is 3. The molecule has 0 spiro atoms. The van der Waals surface area contributed by atoms with Crippen LogP contribution in [0.4, 0.5) is 10.7 Å². The third kappa shape index (κ3) is 7.35. The summed E-state index contributed by atoms with van der Waals surface area (Å²) in [5.41, 5.74) is 2.41. The smallest absolute Gasteiger partial charge is 0.339 e. The molecular formula is C17H21N5O9S2. The van der Waals surface area contributed by atoms with Gasteiger partial charge in [0, 0.05) is 12.8 Å². The number of amides is 2. The van der Waals surface area contributed by atoms with Gasteiger partial charge in [-0.3, -0.25) is 5.32 Å². The zero-order chi connectivity index (χ0) is 24.6. The van der Waals surface area contributed by atoms with E-state index in [1.165, 1.54) is 38.7 Å². The molecule has 0 aliphatic carbocycles. The van der Waals surface area contributed by atoms with Crippen LogP contribution in [0.2, 0.25) is 0 Å². The number of nitrogens with zero attached hydrogens (tertiary/aromatic N) is 2. The Morgan fingerprint density at radius 3 is 2.24 bits per heavy atom. The van der Waals surface area contributed by atoms with E-state index < -0.39 is 38.0 Å². The van der Waals surface area contributed by atoms with Crippen molar-refractivity contribution in [1.82, 2.24) is 20.2 Å². The predicted molar refractivity (Wildman–Crippen MR) is 114 cm³/mol. The van der Waals surface area contributed by atoms with Crippen molar-refractivity contribution in [2.45, 2.75) is 11.4 Å². The van der Waals surface area contributed by atoms with Crippen LogP contribution >= 0.6 is 0 Å². The third-order valence-corrected chi connectivity index (χ3v) is 5.47. The Bertz CT molecular complexity index is 1140. The van der Waals surface area contributed by atoms with E-state index in [0.717, 1.165) is 13.2 Å². The van der Waals surface area contributed by atoms with Crippen molar-refractivity contribution in [1.29, 1.82) is 0 Å². The third-order valence-electron chi connectivity index (χ3n) is 3.74. The molecule has 0 aliphatic rings. The van der Waals surface area contributed by atoms with E-state index in [0.29, 0.717) is 5.56 Å². The molecule has 16 heteroatoms. The number of urea groups is 1. The maximum Gasteiger partial charge on any atom is 0.339 e. The van der Waals surface area contributed by atoms with Crippen LogP contribution in [0.15, 0.2) is 29.2 Å². The van der Waals surface area contributed by atoms with Crippen molar-refractivity contribution >= 4 is 39.1 Å². The van der Waals surface area contributed by atoms with Crippen LogP contribution < -0.4 is 25.0 Å². The first-order valence-electron chi connectivity index (χ1n) is 8.85. The molecule has 1 heterocycles. The van der Waals surface area contributed by atoms with Crippen LogP contribution in [0.25, 0.3) is 0 Å². The number of hydrogen-bond acceptors (Lipinski definition) is 12. The number of hydrogen-bond donors (Lipinski definition) is 3. The number of sulfonamides is 1. The van der Waals surface area contributed by atoms with Gasteiger partial charge in [-0.15, -0.1) is 0 Å². The second kappa shape index (κ2) is 11.5. The molecule has 2 rings (SSSR count). The normalized spacial score (nSPS) is 11.9.